The zero-order chi connectivity index (χ0) is 21.0. The third-order valence-electron chi connectivity index (χ3n) is 4.18. The molecule has 1 heterocycles. The van der Waals surface area contributed by atoms with Crippen LogP contribution in [0.15, 0.2) is 65.7 Å². The number of amides is 1. The highest BCUT2D eigenvalue weighted by atomic mass is 35.5. The van der Waals surface area contributed by atoms with Crippen molar-refractivity contribution >= 4 is 27.6 Å². The quantitative estimate of drug-likeness (QED) is 0.471. The van der Waals surface area contributed by atoms with Crippen LogP contribution in [-0.4, -0.2) is 19.3 Å². The smallest absolute Gasteiger partial charge is 0.339 e. The third-order valence-corrected chi connectivity index (χ3v) is 5.79. The molecule has 0 saturated carbocycles. The van der Waals surface area contributed by atoms with Crippen molar-refractivity contribution in [3.05, 3.63) is 88.2 Å². The standard InChI is InChI=1S/C21H19ClN2O4S/c1-14-3-4-15(2)19(11-14)29(26,27)28-18-8-6-17(7-9-18)21(25)24-13-16-5-10-20(22)23-12-16/h3-12H,13H2,1-2H3,(H,24,25). The van der Waals surface area contributed by atoms with Crippen LogP contribution in [0.4, 0.5) is 0 Å². The van der Waals surface area contributed by atoms with Crippen LogP contribution in [0.25, 0.3) is 0 Å². The lowest BCUT2D eigenvalue weighted by atomic mass is 10.2. The average molecular weight is 431 g/mol. The molecule has 0 aliphatic carbocycles. The highest BCUT2D eigenvalue weighted by molar-refractivity contribution is 7.87. The Morgan fingerprint density at radius 3 is 2.45 bits per heavy atom. The molecule has 1 N–H and O–H groups in total. The predicted molar refractivity (Wildman–Crippen MR) is 111 cm³/mol. The van der Waals surface area contributed by atoms with E-state index in [1.165, 1.54) is 24.3 Å². The van der Waals surface area contributed by atoms with Crippen molar-refractivity contribution in [3.8, 4) is 5.75 Å². The van der Waals surface area contributed by atoms with Crippen LogP contribution in [0.5, 0.6) is 5.75 Å². The minimum atomic E-state index is -3.97. The van der Waals surface area contributed by atoms with E-state index < -0.39 is 10.1 Å². The molecular formula is C21H19ClN2O4S. The molecule has 0 saturated heterocycles. The van der Waals surface area contributed by atoms with E-state index in [0.29, 0.717) is 22.8 Å². The Bertz CT molecular complexity index is 1130. The van der Waals surface area contributed by atoms with Gasteiger partial charge in [0.15, 0.2) is 0 Å². The number of benzene rings is 2. The number of hydrogen-bond donors (Lipinski definition) is 1. The zero-order valence-electron chi connectivity index (χ0n) is 15.8. The fourth-order valence-corrected chi connectivity index (χ4v) is 3.96. The van der Waals surface area contributed by atoms with Crippen LogP contribution in [0.1, 0.15) is 27.0 Å². The summed E-state index contributed by atoms with van der Waals surface area (Å²) in [5.74, 6) is -0.173. The lowest BCUT2D eigenvalue weighted by Gasteiger charge is -2.11. The third kappa shape index (κ3) is 5.34. The fraction of sp³-hybridized carbons (Fsp3) is 0.143. The van der Waals surface area contributed by atoms with Gasteiger partial charge in [0.25, 0.3) is 5.91 Å². The summed E-state index contributed by atoms with van der Waals surface area (Å²) in [5, 5.41) is 3.14. The molecule has 0 spiro atoms. The van der Waals surface area contributed by atoms with Crippen molar-refractivity contribution < 1.29 is 17.4 Å². The number of pyridine rings is 1. The number of aromatic nitrogens is 1. The molecule has 2 aromatic carbocycles. The number of rotatable bonds is 6. The lowest BCUT2D eigenvalue weighted by molar-refractivity contribution is 0.0951. The van der Waals surface area contributed by atoms with Crippen molar-refractivity contribution in [2.24, 2.45) is 0 Å². The van der Waals surface area contributed by atoms with E-state index >= 15 is 0 Å². The SMILES string of the molecule is Cc1ccc(C)c(S(=O)(=O)Oc2ccc(C(=O)NCc3ccc(Cl)nc3)cc2)c1. The first-order valence-corrected chi connectivity index (χ1v) is 10.5. The first kappa shape index (κ1) is 20.8. The van der Waals surface area contributed by atoms with Gasteiger partial charge >= 0.3 is 10.1 Å². The number of aryl methyl sites for hydroxylation is 2. The Labute approximate surface area is 174 Å². The fourth-order valence-electron chi connectivity index (χ4n) is 2.61. The molecule has 1 aromatic heterocycles. The topological polar surface area (TPSA) is 85.4 Å². The van der Waals surface area contributed by atoms with Gasteiger partial charge in [-0.2, -0.15) is 8.42 Å². The van der Waals surface area contributed by atoms with Crippen molar-refractivity contribution in [1.29, 1.82) is 0 Å². The van der Waals surface area contributed by atoms with Crippen LogP contribution in [-0.2, 0) is 16.7 Å². The molecule has 3 aromatic rings. The minimum Gasteiger partial charge on any atom is -0.379 e. The minimum absolute atomic E-state index is 0.121. The molecule has 0 aliphatic heterocycles. The van der Waals surface area contributed by atoms with Crippen LogP contribution >= 0.6 is 11.6 Å². The molecule has 0 unspecified atom stereocenters. The number of nitrogens with one attached hydrogen (secondary N) is 1. The van der Waals surface area contributed by atoms with E-state index in [0.717, 1.165) is 11.1 Å². The summed E-state index contributed by atoms with van der Waals surface area (Å²) in [5.41, 5.74) is 2.61. The number of hydrogen-bond acceptors (Lipinski definition) is 5. The second-order valence-electron chi connectivity index (χ2n) is 6.50. The number of carbonyl (C=O) groups excluding carboxylic acids is 1. The summed E-state index contributed by atoms with van der Waals surface area (Å²) in [6, 6.07) is 14.4. The number of carbonyl (C=O) groups is 1. The van der Waals surface area contributed by atoms with Gasteiger partial charge in [-0.15, -0.1) is 0 Å². The second kappa shape index (κ2) is 8.63. The molecule has 1 amide bonds. The van der Waals surface area contributed by atoms with E-state index in [9.17, 15) is 13.2 Å². The van der Waals surface area contributed by atoms with Crippen molar-refractivity contribution in [3.63, 3.8) is 0 Å². The average Bonchev–Trinajstić information content (AvgIpc) is 2.69. The molecule has 8 heteroatoms. The highest BCUT2D eigenvalue weighted by Gasteiger charge is 2.19. The molecule has 0 atom stereocenters. The second-order valence-corrected chi connectivity index (χ2v) is 8.40. The van der Waals surface area contributed by atoms with Crippen molar-refractivity contribution in [1.82, 2.24) is 10.3 Å². The van der Waals surface area contributed by atoms with E-state index in [1.807, 2.05) is 13.0 Å². The lowest BCUT2D eigenvalue weighted by Crippen LogP contribution is -2.22. The molecule has 6 nitrogen and oxygen atoms in total. The Morgan fingerprint density at radius 2 is 1.79 bits per heavy atom. The normalized spacial score (nSPS) is 11.1. The summed E-state index contributed by atoms with van der Waals surface area (Å²) in [6.07, 6.45) is 1.58. The maximum absolute atomic E-state index is 12.6. The molecule has 0 bridgehead atoms. The van der Waals surface area contributed by atoms with Gasteiger partial charge in [-0.3, -0.25) is 4.79 Å². The van der Waals surface area contributed by atoms with Gasteiger partial charge in [-0.25, -0.2) is 4.98 Å². The Morgan fingerprint density at radius 1 is 1.07 bits per heavy atom. The van der Waals surface area contributed by atoms with Crippen molar-refractivity contribution in [2.75, 3.05) is 0 Å². The van der Waals surface area contributed by atoms with Crippen molar-refractivity contribution in [2.45, 2.75) is 25.3 Å². The zero-order valence-corrected chi connectivity index (χ0v) is 17.4. The summed E-state index contributed by atoms with van der Waals surface area (Å²) in [6.45, 7) is 3.81. The summed E-state index contributed by atoms with van der Waals surface area (Å²) in [4.78, 5) is 16.3. The maximum Gasteiger partial charge on any atom is 0.339 e. The van der Waals surface area contributed by atoms with Gasteiger partial charge in [0.1, 0.15) is 15.8 Å². The molecular weight excluding hydrogens is 412 g/mol. The van der Waals surface area contributed by atoms with Crippen LogP contribution < -0.4 is 9.50 Å². The molecule has 0 aliphatic rings. The van der Waals surface area contributed by atoms with Gasteiger partial charge in [0.05, 0.1) is 0 Å². The van der Waals surface area contributed by atoms with Crippen LogP contribution in [0.2, 0.25) is 5.15 Å². The molecule has 0 radical (unpaired) electrons. The molecule has 29 heavy (non-hydrogen) atoms. The van der Waals surface area contributed by atoms with Gasteiger partial charge in [-0.1, -0.05) is 29.8 Å². The highest BCUT2D eigenvalue weighted by Crippen LogP contribution is 2.22. The molecule has 3 rings (SSSR count). The van der Waals surface area contributed by atoms with Gasteiger partial charge in [0.2, 0.25) is 0 Å². The summed E-state index contributed by atoms with van der Waals surface area (Å²) in [7, 11) is -3.97. The van der Waals surface area contributed by atoms with Crippen LogP contribution in [0, 0.1) is 13.8 Å². The van der Waals surface area contributed by atoms with Gasteiger partial charge < -0.3 is 9.50 Å². The first-order valence-electron chi connectivity index (χ1n) is 8.75. The van der Waals surface area contributed by atoms with Crippen LogP contribution in [0.3, 0.4) is 0 Å². The predicted octanol–water partition coefficient (Wildman–Crippen LogP) is 4.05. The largest absolute Gasteiger partial charge is 0.379 e. The molecule has 0 fully saturated rings. The number of halogens is 1. The number of nitrogens with zero attached hydrogens (tertiary/aromatic N) is 1. The van der Waals surface area contributed by atoms with E-state index in [2.05, 4.69) is 10.3 Å². The summed E-state index contributed by atoms with van der Waals surface area (Å²) < 4.78 is 30.3. The molecule has 150 valence electrons. The van der Waals surface area contributed by atoms with E-state index in [-0.39, 0.29) is 16.6 Å². The van der Waals surface area contributed by atoms with Gasteiger partial charge in [0, 0.05) is 18.3 Å². The first-order chi connectivity index (χ1) is 13.7. The maximum atomic E-state index is 12.6. The summed E-state index contributed by atoms with van der Waals surface area (Å²) >= 11 is 5.73. The monoisotopic (exact) mass is 430 g/mol. The van der Waals surface area contributed by atoms with Gasteiger partial charge in [-0.05, 0) is 66.9 Å². The Kier molecular flexibility index (Phi) is 6.20. The Balaban J connectivity index is 1.67. The van der Waals surface area contributed by atoms with E-state index in [1.54, 1.807) is 37.4 Å². The Hall–Kier alpha value is -2.90. The van der Waals surface area contributed by atoms with E-state index in [4.69, 9.17) is 15.8 Å².